The number of hydrogen-bond acceptors (Lipinski definition) is 4. The maximum absolute atomic E-state index is 10.6. The van der Waals surface area contributed by atoms with Gasteiger partial charge in [0.25, 0.3) is 0 Å². The van der Waals surface area contributed by atoms with E-state index in [1.807, 2.05) is 0 Å². The van der Waals surface area contributed by atoms with Crippen LogP contribution in [0.15, 0.2) is 12.3 Å². The van der Waals surface area contributed by atoms with Crippen LogP contribution in [0.1, 0.15) is 17.3 Å². The highest BCUT2D eigenvalue weighted by molar-refractivity contribution is 6.33. The molecule has 1 aromatic rings. The molecule has 0 aliphatic rings. The Morgan fingerprint density at radius 2 is 2.18 bits per heavy atom. The summed E-state index contributed by atoms with van der Waals surface area (Å²) < 4.78 is 0. The average molecular weight is 258 g/mol. The molecule has 3 N–H and O–H groups in total. The molecule has 0 aliphatic carbocycles. The third-order valence-corrected chi connectivity index (χ3v) is 2.17. The fraction of sp³-hybridized carbons (Fsp3) is 0.300. The van der Waals surface area contributed by atoms with Crippen molar-refractivity contribution in [2.45, 2.75) is 6.92 Å². The summed E-state index contributed by atoms with van der Waals surface area (Å²) in [4.78, 5) is 25.1. The van der Waals surface area contributed by atoms with Crippen LogP contribution in [0, 0.1) is 0 Å². The summed E-state index contributed by atoms with van der Waals surface area (Å²) in [5, 5.41) is 14.4. The van der Waals surface area contributed by atoms with Gasteiger partial charge in [0.15, 0.2) is 0 Å². The third kappa shape index (κ3) is 4.28. The van der Waals surface area contributed by atoms with E-state index in [-0.39, 0.29) is 16.5 Å². The quantitative estimate of drug-likeness (QED) is 0.684. The van der Waals surface area contributed by atoms with Gasteiger partial charge in [-0.05, 0) is 6.07 Å². The number of carbonyl (C=O) groups is 2. The number of carbonyl (C=O) groups excluding carboxylic acids is 1. The maximum Gasteiger partial charge on any atom is 0.337 e. The number of pyridine rings is 1. The summed E-state index contributed by atoms with van der Waals surface area (Å²) in [7, 11) is 0. The minimum absolute atomic E-state index is 0.0300. The minimum Gasteiger partial charge on any atom is -0.478 e. The Kier molecular flexibility index (Phi) is 4.71. The van der Waals surface area contributed by atoms with Crippen molar-refractivity contribution < 1.29 is 14.7 Å². The van der Waals surface area contributed by atoms with Crippen LogP contribution in [-0.4, -0.2) is 35.1 Å². The molecule has 0 bridgehead atoms. The molecular formula is C10H12ClN3O3. The van der Waals surface area contributed by atoms with E-state index in [2.05, 4.69) is 15.6 Å². The van der Waals surface area contributed by atoms with Crippen molar-refractivity contribution in [2.24, 2.45) is 0 Å². The number of hydrogen-bond donors (Lipinski definition) is 3. The fourth-order valence-corrected chi connectivity index (χ4v) is 1.34. The van der Waals surface area contributed by atoms with Gasteiger partial charge in [-0.1, -0.05) is 11.6 Å². The van der Waals surface area contributed by atoms with Gasteiger partial charge in [0.1, 0.15) is 5.82 Å². The van der Waals surface area contributed by atoms with Crippen LogP contribution >= 0.6 is 11.6 Å². The van der Waals surface area contributed by atoms with Crippen molar-refractivity contribution in [3.63, 3.8) is 0 Å². The van der Waals surface area contributed by atoms with Gasteiger partial charge in [-0.3, -0.25) is 4.79 Å². The smallest absolute Gasteiger partial charge is 0.337 e. The SMILES string of the molecule is CC(=O)NCCNc1ncc(C(=O)O)cc1Cl. The molecule has 0 fully saturated rings. The van der Waals surface area contributed by atoms with Crippen molar-refractivity contribution >= 4 is 29.3 Å². The Morgan fingerprint density at radius 1 is 1.47 bits per heavy atom. The summed E-state index contributed by atoms with van der Waals surface area (Å²) in [5.74, 6) is -0.807. The third-order valence-electron chi connectivity index (χ3n) is 1.88. The molecule has 0 unspecified atom stereocenters. The number of rotatable bonds is 5. The molecule has 17 heavy (non-hydrogen) atoms. The maximum atomic E-state index is 10.6. The van der Waals surface area contributed by atoms with Crippen LogP contribution in [-0.2, 0) is 4.79 Å². The molecule has 0 saturated heterocycles. The number of amides is 1. The van der Waals surface area contributed by atoms with Crippen molar-refractivity contribution in [2.75, 3.05) is 18.4 Å². The van der Waals surface area contributed by atoms with E-state index in [9.17, 15) is 9.59 Å². The molecule has 6 nitrogen and oxygen atoms in total. The van der Waals surface area contributed by atoms with Crippen LogP contribution in [0.25, 0.3) is 0 Å². The second kappa shape index (κ2) is 6.05. The number of carboxylic acid groups (broad SMARTS) is 1. The second-order valence-electron chi connectivity index (χ2n) is 3.27. The number of aromatic nitrogens is 1. The predicted octanol–water partition coefficient (Wildman–Crippen LogP) is 0.981. The Balaban J connectivity index is 2.54. The molecule has 0 spiro atoms. The van der Waals surface area contributed by atoms with Crippen molar-refractivity contribution in [1.29, 1.82) is 0 Å². The zero-order chi connectivity index (χ0) is 12.8. The van der Waals surface area contributed by atoms with E-state index in [0.717, 1.165) is 0 Å². The van der Waals surface area contributed by atoms with E-state index in [1.165, 1.54) is 19.2 Å². The lowest BCUT2D eigenvalue weighted by molar-refractivity contribution is -0.118. The molecule has 0 radical (unpaired) electrons. The Hall–Kier alpha value is -1.82. The zero-order valence-electron chi connectivity index (χ0n) is 9.16. The van der Waals surface area contributed by atoms with Gasteiger partial charge >= 0.3 is 5.97 Å². The van der Waals surface area contributed by atoms with Gasteiger partial charge in [0.05, 0.1) is 10.6 Å². The molecule has 1 heterocycles. The molecular weight excluding hydrogens is 246 g/mol. The van der Waals surface area contributed by atoms with Gasteiger partial charge < -0.3 is 15.7 Å². The molecule has 0 aliphatic heterocycles. The number of anilines is 1. The summed E-state index contributed by atoms with van der Waals surface area (Å²) in [6.07, 6.45) is 1.22. The Labute approximate surface area is 103 Å². The van der Waals surface area contributed by atoms with E-state index in [4.69, 9.17) is 16.7 Å². The van der Waals surface area contributed by atoms with Gasteiger partial charge in [-0.2, -0.15) is 0 Å². The van der Waals surface area contributed by atoms with Crippen molar-refractivity contribution in [3.8, 4) is 0 Å². The van der Waals surface area contributed by atoms with Crippen LogP contribution in [0.5, 0.6) is 0 Å². The molecule has 0 saturated carbocycles. The van der Waals surface area contributed by atoms with E-state index >= 15 is 0 Å². The number of halogens is 1. The standard InChI is InChI=1S/C10H12ClN3O3/c1-6(15)12-2-3-13-9-8(11)4-7(5-14-9)10(16)17/h4-5H,2-3H2,1H3,(H,12,15)(H,13,14)(H,16,17). The number of nitrogens with one attached hydrogen (secondary N) is 2. The molecule has 0 aromatic carbocycles. The van der Waals surface area contributed by atoms with Gasteiger partial charge in [0, 0.05) is 26.2 Å². The topological polar surface area (TPSA) is 91.3 Å². The first kappa shape index (κ1) is 13.2. The summed E-state index contributed by atoms with van der Waals surface area (Å²) in [6, 6.07) is 1.32. The molecule has 0 atom stereocenters. The minimum atomic E-state index is -1.08. The molecule has 1 amide bonds. The fourth-order valence-electron chi connectivity index (χ4n) is 1.10. The highest BCUT2D eigenvalue weighted by Gasteiger charge is 2.07. The summed E-state index contributed by atoms with van der Waals surface area (Å²) >= 11 is 5.84. The molecule has 92 valence electrons. The van der Waals surface area contributed by atoms with Gasteiger partial charge in [-0.15, -0.1) is 0 Å². The van der Waals surface area contributed by atoms with Crippen molar-refractivity contribution in [3.05, 3.63) is 22.8 Å². The van der Waals surface area contributed by atoms with Crippen molar-refractivity contribution in [1.82, 2.24) is 10.3 Å². The van der Waals surface area contributed by atoms with Crippen LogP contribution in [0.2, 0.25) is 5.02 Å². The average Bonchev–Trinajstić information content (AvgIpc) is 2.25. The van der Waals surface area contributed by atoms with Crippen LogP contribution in [0.4, 0.5) is 5.82 Å². The summed E-state index contributed by atoms with van der Waals surface area (Å²) in [5.41, 5.74) is 0.0300. The lowest BCUT2D eigenvalue weighted by Gasteiger charge is -2.07. The largest absolute Gasteiger partial charge is 0.478 e. The first-order valence-electron chi connectivity index (χ1n) is 4.88. The van der Waals surface area contributed by atoms with Gasteiger partial charge in [-0.25, -0.2) is 9.78 Å². The van der Waals surface area contributed by atoms with Crippen LogP contribution in [0.3, 0.4) is 0 Å². The number of nitrogens with zero attached hydrogens (tertiary/aromatic N) is 1. The molecule has 1 aromatic heterocycles. The lowest BCUT2D eigenvalue weighted by atomic mass is 10.3. The van der Waals surface area contributed by atoms with Gasteiger partial charge in [0.2, 0.25) is 5.91 Å². The lowest BCUT2D eigenvalue weighted by Crippen LogP contribution is -2.26. The highest BCUT2D eigenvalue weighted by atomic mass is 35.5. The normalized spacial score (nSPS) is 9.76. The summed E-state index contributed by atoms with van der Waals surface area (Å²) in [6.45, 7) is 2.32. The number of aromatic carboxylic acids is 1. The second-order valence-corrected chi connectivity index (χ2v) is 3.68. The molecule has 7 heteroatoms. The Morgan fingerprint density at radius 3 is 2.71 bits per heavy atom. The predicted molar refractivity (Wildman–Crippen MR) is 63.4 cm³/mol. The first-order chi connectivity index (χ1) is 8.00. The van der Waals surface area contributed by atoms with E-state index < -0.39 is 5.97 Å². The monoisotopic (exact) mass is 257 g/mol. The highest BCUT2D eigenvalue weighted by Crippen LogP contribution is 2.19. The zero-order valence-corrected chi connectivity index (χ0v) is 9.91. The molecule has 1 rings (SSSR count). The number of carboxylic acids is 1. The Bertz CT molecular complexity index is 437. The van der Waals surface area contributed by atoms with E-state index in [1.54, 1.807) is 0 Å². The van der Waals surface area contributed by atoms with E-state index in [0.29, 0.717) is 18.9 Å². The van der Waals surface area contributed by atoms with Crippen LogP contribution < -0.4 is 10.6 Å². The first-order valence-corrected chi connectivity index (χ1v) is 5.25.